The van der Waals surface area contributed by atoms with E-state index in [9.17, 15) is 14.9 Å². The molecule has 3 aromatic rings. The molecule has 0 aliphatic carbocycles. The van der Waals surface area contributed by atoms with E-state index in [2.05, 4.69) is 0 Å². The lowest BCUT2D eigenvalue weighted by molar-refractivity contribution is -0.683. The summed E-state index contributed by atoms with van der Waals surface area (Å²) in [5, 5.41) is 10.7. The Labute approximate surface area is 144 Å². The molecule has 0 atom stereocenters. The number of benzene rings is 1. The molecule has 6 nitrogen and oxygen atoms in total. The predicted molar refractivity (Wildman–Crippen MR) is 90.7 cm³/mol. The molecule has 0 aliphatic heterocycles. The molecule has 0 radical (unpaired) electrons. The fraction of sp³-hybridized carbons (Fsp3) is 0.105. The third-order valence-corrected chi connectivity index (χ3v) is 3.93. The van der Waals surface area contributed by atoms with Crippen LogP contribution >= 0.6 is 0 Å². The van der Waals surface area contributed by atoms with Crippen LogP contribution in [0.15, 0.2) is 73.3 Å². The number of aromatic nitrogens is 2. The van der Waals surface area contributed by atoms with Crippen LogP contribution in [-0.4, -0.2) is 10.7 Å². The van der Waals surface area contributed by atoms with E-state index in [1.54, 1.807) is 4.57 Å². The van der Waals surface area contributed by atoms with Gasteiger partial charge in [-0.2, -0.15) is 4.57 Å². The Morgan fingerprint density at radius 2 is 1.44 bits per heavy atom. The Morgan fingerprint density at radius 3 is 1.96 bits per heavy atom. The van der Waals surface area contributed by atoms with Crippen molar-refractivity contribution in [3.63, 3.8) is 0 Å². The fourth-order valence-electron chi connectivity index (χ4n) is 2.47. The number of non-ortho nitro benzene ring substituents is 1. The highest BCUT2D eigenvalue weighted by Crippen LogP contribution is 2.16. The van der Waals surface area contributed by atoms with Crippen LogP contribution in [0.1, 0.15) is 10.4 Å². The molecule has 6 heteroatoms. The van der Waals surface area contributed by atoms with Crippen LogP contribution in [-0.2, 0) is 13.6 Å². The number of nitro benzene ring substituents is 1. The van der Waals surface area contributed by atoms with Crippen molar-refractivity contribution < 1.29 is 18.9 Å². The number of hydrogen-bond donors (Lipinski definition) is 0. The third-order valence-electron chi connectivity index (χ3n) is 3.93. The molecule has 2 heterocycles. The first-order valence-corrected chi connectivity index (χ1v) is 7.75. The predicted octanol–water partition coefficient (Wildman–Crippen LogP) is 2.26. The maximum Gasteiger partial charge on any atom is 0.269 e. The molecular weight excluding hydrogens is 318 g/mol. The summed E-state index contributed by atoms with van der Waals surface area (Å²) in [6.07, 6.45) is 7.67. The van der Waals surface area contributed by atoms with Crippen LogP contribution in [0.5, 0.6) is 0 Å². The Balaban J connectivity index is 1.71. The standard InChI is InChI=1S/C19H17N3O3/c1-20-10-6-15(7-11-20)16-8-12-21(13-9-16)14-19(23)17-2-4-18(5-3-17)22(24)25/h2-13H,14H2,1H3/q+2. The summed E-state index contributed by atoms with van der Waals surface area (Å²) in [6, 6.07) is 13.6. The zero-order valence-corrected chi connectivity index (χ0v) is 13.7. The van der Waals surface area contributed by atoms with Crippen molar-refractivity contribution >= 4 is 11.5 Å². The highest BCUT2D eigenvalue weighted by molar-refractivity contribution is 5.95. The number of Topliss-reactive ketones (excluding diaryl/α,β-unsaturated/α-hetero) is 1. The van der Waals surface area contributed by atoms with E-state index in [1.165, 1.54) is 24.3 Å². The molecule has 2 aromatic heterocycles. The summed E-state index contributed by atoms with van der Waals surface area (Å²) < 4.78 is 3.76. The molecule has 0 N–H and O–H groups in total. The van der Waals surface area contributed by atoms with Crippen LogP contribution in [0.3, 0.4) is 0 Å². The van der Waals surface area contributed by atoms with Gasteiger partial charge in [0.15, 0.2) is 24.8 Å². The average Bonchev–Trinajstić information content (AvgIpc) is 2.63. The minimum atomic E-state index is -0.481. The summed E-state index contributed by atoms with van der Waals surface area (Å²) in [6.45, 7) is 0.182. The maximum absolute atomic E-state index is 12.3. The first-order valence-electron chi connectivity index (χ1n) is 7.75. The Kier molecular flexibility index (Phi) is 4.61. The summed E-state index contributed by atoms with van der Waals surface area (Å²) in [5.41, 5.74) is 2.61. The second-order valence-electron chi connectivity index (χ2n) is 5.74. The van der Waals surface area contributed by atoms with Crippen LogP contribution < -0.4 is 9.13 Å². The first-order chi connectivity index (χ1) is 12.0. The lowest BCUT2D eigenvalue weighted by Crippen LogP contribution is -2.37. The van der Waals surface area contributed by atoms with Gasteiger partial charge in [0, 0.05) is 42.0 Å². The van der Waals surface area contributed by atoms with Gasteiger partial charge in [-0.1, -0.05) is 0 Å². The minimum absolute atomic E-state index is 0.0233. The number of ketones is 1. The van der Waals surface area contributed by atoms with Crippen LogP contribution in [0.25, 0.3) is 11.1 Å². The van der Waals surface area contributed by atoms with Gasteiger partial charge in [-0.05, 0) is 23.3 Å². The summed E-state index contributed by atoms with van der Waals surface area (Å²) in [7, 11) is 1.96. The molecule has 0 aliphatic rings. The molecule has 0 saturated carbocycles. The van der Waals surface area contributed by atoms with Crippen molar-refractivity contribution in [3.05, 3.63) is 89.0 Å². The summed E-state index contributed by atoms with van der Waals surface area (Å²) >= 11 is 0. The minimum Gasteiger partial charge on any atom is -0.287 e. The second-order valence-corrected chi connectivity index (χ2v) is 5.74. The highest BCUT2D eigenvalue weighted by atomic mass is 16.6. The second kappa shape index (κ2) is 7.00. The van der Waals surface area contributed by atoms with E-state index in [0.717, 1.165) is 11.1 Å². The topological polar surface area (TPSA) is 68.0 Å². The Bertz CT molecular complexity index is 902. The number of hydrogen-bond acceptors (Lipinski definition) is 3. The van der Waals surface area contributed by atoms with Crippen molar-refractivity contribution in [1.29, 1.82) is 0 Å². The first kappa shape index (κ1) is 16.4. The Morgan fingerprint density at radius 1 is 0.920 bits per heavy atom. The number of pyridine rings is 2. The lowest BCUT2D eigenvalue weighted by Gasteiger charge is -2.01. The Hall–Kier alpha value is -3.41. The van der Waals surface area contributed by atoms with Crippen molar-refractivity contribution in [2.24, 2.45) is 7.05 Å². The number of aryl methyl sites for hydroxylation is 1. The van der Waals surface area contributed by atoms with Crippen LogP contribution in [0, 0.1) is 10.1 Å². The molecule has 0 amide bonds. The number of carbonyl (C=O) groups excluding carboxylic acids is 1. The molecule has 0 saturated heterocycles. The smallest absolute Gasteiger partial charge is 0.269 e. The molecule has 0 fully saturated rings. The molecule has 0 unspecified atom stereocenters. The monoisotopic (exact) mass is 335 g/mol. The van der Waals surface area contributed by atoms with Crippen molar-refractivity contribution in [1.82, 2.24) is 0 Å². The van der Waals surface area contributed by atoms with Gasteiger partial charge in [0.05, 0.1) is 4.92 Å². The maximum atomic E-state index is 12.3. The fourth-order valence-corrected chi connectivity index (χ4v) is 2.47. The molecule has 124 valence electrons. The van der Waals surface area contributed by atoms with Gasteiger partial charge in [-0.15, -0.1) is 0 Å². The van der Waals surface area contributed by atoms with Gasteiger partial charge < -0.3 is 0 Å². The zero-order chi connectivity index (χ0) is 17.8. The number of carbonyl (C=O) groups is 1. The molecule has 0 bridgehead atoms. The number of nitro groups is 1. The normalized spacial score (nSPS) is 10.4. The van der Waals surface area contributed by atoms with Gasteiger partial charge >= 0.3 is 0 Å². The third kappa shape index (κ3) is 3.92. The summed E-state index contributed by atoms with van der Waals surface area (Å²) in [5.74, 6) is -0.0978. The lowest BCUT2D eigenvalue weighted by atomic mass is 10.1. The van der Waals surface area contributed by atoms with Crippen molar-refractivity contribution in [2.45, 2.75) is 6.54 Å². The van der Waals surface area contributed by atoms with Gasteiger partial charge in [0.25, 0.3) is 5.69 Å². The van der Waals surface area contributed by atoms with Crippen molar-refractivity contribution in [2.75, 3.05) is 0 Å². The largest absolute Gasteiger partial charge is 0.287 e. The molecular formula is C19H17N3O3+2. The molecule has 1 aromatic carbocycles. The quantitative estimate of drug-likeness (QED) is 0.311. The number of nitrogens with zero attached hydrogens (tertiary/aromatic N) is 3. The van der Waals surface area contributed by atoms with E-state index in [0.29, 0.717) is 5.56 Å². The highest BCUT2D eigenvalue weighted by Gasteiger charge is 2.14. The van der Waals surface area contributed by atoms with Gasteiger partial charge in [-0.3, -0.25) is 14.9 Å². The molecule has 25 heavy (non-hydrogen) atoms. The van der Waals surface area contributed by atoms with E-state index in [4.69, 9.17) is 0 Å². The van der Waals surface area contributed by atoms with Gasteiger partial charge in [0.2, 0.25) is 12.3 Å². The van der Waals surface area contributed by atoms with E-state index in [-0.39, 0.29) is 18.0 Å². The number of rotatable bonds is 5. The SMILES string of the molecule is C[n+]1ccc(-c2cc[n+](CC(=O)c3ccc([N+](=O)[O-])cc3)cc2)cc1. The van der Waals surface area contributed by atoms with E-state index >= 15 is 0 Å². The van der Waals surface area contributed by atoms with E-state index in [1.807, 2.05) is 60.7 Å². The summed E-state index contributed by atoms with van der Waals surface area (Å²) in [4.78, 5) is 22.5. The molecule has 0 spiro atoms. The molecule has 3 rings (SSSR count). The average molecular weight is 335 g/mol. The zero-order valence-electron chi connectivity index (χ0n) is 13.7. The van der Waals surface area contributed by atoms with Gasteiger partial charge in [0.1, 0.15) is 7.05 Å². The van der Waals surface area contributed by atoms with Gasteiger partial charge in [-0.25, -0.2) is 4.57 Å². The van der Waals surface area contributed by atoms with Crippen LogP contribution in [0.2, 0.25) is 0 Å². The van der Waals surface area contributed by atoms with Crippen molar-refractivity contribution in [3.8, 4) is 11.1 Å². The van der Waals surface area contributed by atoms with Crippen LogP contribution in [0.4, 0.5) is 5.69 Å². The van der Waals surface area contributed by atoms with E-state index < -0.39 is 4.92 Å².